The van der Waals surface area contributed by atoms with Crippen molar-refractivity contribution in [3.05, 3.63) is 224 Å². The highest BCUT2D eigenvalue weighted by Gasteiger charge is 2.21. The van der Waals surface area contributed by atoms with Crippen molar-refractivity contribution in [3.8, 4) is 56.7 Å². The fraction of sp³-hybridized carbons (Fsp3) is 0. The Hall–Kier alpha value is -9.59. The van der Waals surface area contributed by atoms with E-state index in [2.05, 4.69) is 161 Å². The highest BCUT2D eigenvalue weighted by atomic mass is 16.3. The lowest BCUT2D eigenvalue weighted by atomic mass is 10.00. The van der Waals surface area contributed by atoms with Crippen LogP contribution < -0.4 is 0 Å². The van der Waals surface area contributed by atoms with Crippen LogP contribution in [0.5, 0.6) is 0 Å². The van der Waals surface area contributed by atoms with Crippen LogP contribution in [-0.4, -0.2) is 24.1 Å². The Bertz CT molecular complexity index is 4510. The molecule has 0 spiro atoms. The minimum atomic E-state index is 0.612. The first-order chi connectivity index (χ1) is 34.7. The van der Waals surface area contributed by atoms with Crippen LogP contribution in [0.4, 0.5) is 0 Å². The van der Waals surface area contributed by atoms with Gasteiger partial charge in [-0.25, -0.2) is 15.0 Å². The van der Waals surface area contributed by atoms with Gasteiger partial charge in [0, 0.05) is 83.3 Å². The summed E-state index contributed by atoms with van der Waals surface area (Å²) in [4.78, 5) is 14.9. The minimum Gasteiger partial charge on any atom is -0.456 e. The van der Waals surface area contributed by atoms with Crippen LogP contribution in [0.25, 0.3) is 144 Å². The number of hydrogen-bond acceptors (Lipinski definition) is 5. The zero-order chi connectivity index (χ0) is 45.9. The maximum atomic E-state index is 6.64. The molecule has 0 aliphatic heterocycles. The molecule has 0 radical (unpaired) electrons. The maximum absolute atomic E-state index is 6.64. The summed E-state index contributed by atoms with van der Waals surface area (Å²) in [5.41, 5.74) is 15.0. The Morgan fingerprint density at radius 2 is 0.657 bits per heavy atom. The second kappa shape index (κ2) is 15.0. The van der Waals surface area contributed by atoms with Crippen molar-refractivity contribution in [2.45, 2.75) is 0 Å². The van der Waals surface area contributed by atoms with E-state index in [0.29, 0.717) is 17.5 Å². The Morgan fingerprint density at radius 3 is 1.30 bits per heavy atom. The molecule has 0 saturated heterocycles. The van der Waals surface area contributed by atoms with E-state index in [1.54, 1.807) is 0 Å². The van der Waals surface area contributed by atoms with E-state index < -0.39 is 0 Å². The summed E-state index contributed by atoms with van der Waals surface area (Å²) in [5, 5.41) is 9.07. The van der Waals surface area contributed by atoms with Crippen LogP contribution in [0.3, 0.4) is 0 Å². The van der Waals surface area contributed by atoms with E-state index >= 15 is 0 Å². The van der Waals surface area contributed by atoms with Crippen LogP contribution in [0.2, 0.25) is 0 Å². The SMILES string of the molecule is c1ccc(-c2nc(-c3ccccc3)nc(-c3ccc(-n4c5ccc(-c6ccc7oc8cc9c(cc8c7c6)c6ccccc6n9-c6ccccc6)cc5c5cc6c(cc54)oc4ccccc46)cc3)n2)cc1. The predicted octanol–water partition coefficient (Wildman–Crippen LogP) is 16.5. The lowest BCUT2D eigenvalue weighted by molar-refractivity contribution is 0.669. The van der Waals surface area contributed by atoms with Gasteiger partial charge in [0.1, 0.15) is 22.3 Å². The van der Waals surface area contributed by atoms with Crippen molar-refractivity contribution in [2.75, 3.05) is 0 Å². The molecule has 70 heavy (non-hydrogen) atoms. The first-order valence-electron chi connectivity index (χ1n) is 23.5. The first kappa shape index (κ1) is 38.5. The molecular weight excluding hydrogens is 859 g/mol. The third kappa shape index (κ3) is 5.91. The molecule has 0 bridgehead atoms. The summed E-state index contributed by atoms with van der Waals surface area (Å²) >= 11 is 0. The molecule has 0 unspecified atom stereocenters. The van der Waals surface area contributed by atoms with Gasteiger partial charge in [0.25, 0.3) is 0 Å². The van der Waals surface area contributed by atoms with Gasteiger partial charge in [0.2, 0.25) is 0 Å². The molecule has 10 aromatic carbocycles. The van der Waals surface area contributed by atoms with Crippen molar-refractivity contribution in [1.29, 1.82) is 0 Å². The Labute approximate surface area is 399 Å². The fourth-order valence-corrected chi connectivity index (χ4v) is 10.7. The molecule has 0 saturated carbocycles. The number of aromatic nitrogens is 5. The molecule has 0 aliphatic carbocycles. The van der Waals surface area contributed by atoms with Gasteiger partial charge in [-0.05, 0) is 96.1 Å². The average Bonchev–Trinajstić information content (AvgIpc) is 4.17. The van der Waals surface area contributed by atoms with Gasteiger partial charge < -0.3 is 18.0 Å². The molecule has 5 heterocycles. The smallest absolute Gasteiger partial charge is 0.164 e. The zero-order valence-corrected chi connectivity index (χ0v) is 37.4. The number of furan rings is 2. The zero-order valence-electron chi connectivity index (χ0n) is 37.4. The average molecular weight is 896 g/mol. The van der Waals surface area contributed by atoms with Crippen LogP contribution in [-0.2, 0) is 0 Å². The Balaban J connectivity index is 0.886. The lowest BCUT2D eigenvalue weighted by Gasteiger charge is -2.11. The summed E-state index contributed by atoms with van der Waals surface area (Å²) in [5.74, 6) is 1.87. The quantitative estimate of drug-likeness (QED) is 0.166. The number of rotatable bonds is 6. The van der Waals surface area contributed by atoms with Gasteiger partial charge in [-0.1, -0.05) is 127 Å². The summed E-state index contributed by atoms with van der Waals surface area (Å²) in [7, 11) is 0. The molecule has 7 heteroatoms. The van der Waals surface area contributed by atoms with Gasteiger partial charge in [-0.2, -0.15) is 0 Å². The second-order valence-electron chi connectivity index (χ2n) is 18.0. The summed E-state index contributed by atoms with van der Waals surface area (Å²) in [6.45, 7) is 0. The Morgan fingerprint density at radius 1 is 0.243 bits per heavy atom. The first-order valence-corrected chi connectivity index (χ1v) is 23.5. The third-order valence-corrected chi connectivity index (χ3v) is 14.0. The molecule has 7 nitrogen and oxygen atoms in total. The number of para-hydroxylation sites is 3. The highest BCUT2D eigenvalue weighted by Crippen LogP contribution is 2.43. The van der Waals surface area contributed by atoms with Gasteiger partial charge in [-0.15, -0.1) is 0 Å². The number of benzene rings is 10. The van der Waals surface area contributed by atoms with E-state index in [9.17, 15) is 0 Å². The monoisotopic (exact) mass is 895 g/mol. The largest absolute Gasteiger partial charge is 0.456 e. The summed E-state index contributed by atoms with van der Waals surface area (Å²) in [6, 6.07) is 78.6. The standard InChI is InChI=1S/C63H37N5O2/c1-4-14-38(15-5-1)61-64-62(39-16-6-2-7-17-39)66-63(65-61)40-24-28-44(29-25-40)68-54-30-26-41(32-47(54)49-35-51-46-21-11-13-23-57(46)69-59(51)37-56(49)68)42-27-31-58-50(33-42)52-34-48-45-20-10-12-22-53(45)67(43-18-8-3-9-19-43)55(48)36-60(52)70-58/h1-37H. The van der Waals surface area contributed by atoms with Crippen LogP contribution in [0, 0.1) is 0 Å². The molecule has 0 aliphatic rings. The van der Waals surface area contributed by atoms with E-state index in [-0.39, 0.29) is 0 Å². The third-order valence-electron chi connectivity index (χ3n) is 14.0. The topological polar surface area (TPSA) is 74.8 Å². The minimum absolute atomic E-state index is 0.612. The van der Waals surface area contributed by atoms with Crippen LogP contribution in [0.1, 0.15) is 0 Å². The van der Waals surface area contributed by atoms with Gasteiger partial charge in [0.05, 0.1) is 22.1 Å². The molecule has 0 N–H and O–H groups in total. The highest BCUT2D eigenvalue weighted by molar-refractivity contribution is 6.19. The molecule has 0 amide bonds. The predicted molar refractivity (Wildman–Crippen MR) is 285 cm³/mol. The summed E-state index contributed by atoms with van der Waals surface area (Å²) < 4.78 is 17.8. The van der Waals surface area contributed by atoms with Crippen molar-refractivity contribution >= 4 is 87.5 Å². The van der Waals surface area contributed by atoms with Gasteiger partial charge in [-0.3, -0.25) is 0 Å². The van der Waals surface area contributed by atoms with E-state index in [1.807, 2.05) is 72.8 Å². The van der Waals surface area contributed by atoms with Crippen LogP contribution >= 0.6 is 0 Å². The number of hydrogen-bond donors (Lipinski definition) is 0. The van der Waals surface area contributed by atoms with E-state index in [4.69, 9.17) is 23.8 Å². The van der Waals surface area contributed by atoms with E-state index in [0.717, 1.165) is 110 Å². The number of fused-ring (bicyclic) bond motifs is 12. The number of nitrogens with zero attached hydrogens (tertiary/aromatic N) is 5. The maximum Gasteiger partial charge on any atom is 0.164 e. The molecule has 0 atom stereocenters. The van der Waals surface area contributed by atoms with Crippen molar-refractivity contribution in [3.63, 3.8) is 0 Å². The van der Waals surface area contributed by atoms with Gasteiger partial charge in [0.15, 0.2) is 17.5 Å². The van der Waals surface area contributed by atoms with Crippen molar-refractivity contribution in [1.82, 2.24) is 24.1 Å². The molecule has 0 fully saturated rings. The fourth-order valence-electron chi connectivity index (χ4n) is 10.7. The van der Waals surface area contributed by atoms with Crippen molar-refractivity contribution in [2.24, 2.45) is 0 Å². The molecule has 15 aromatic rings. The molecule has 15 rings (SSSR count). The lowest BCUT2D eigenvalue weighted by Crippen LogP contribution is -2.00. The second-order valence-corrected chi connectivity index (χ2v) is 18.0. The molecule has 326 valence electrons. The Kier molecular flexibility index (Phi) is 8.23. The van der Waals surface area contributed by atoms with Crippen LogP contribution in [0.15, 0.2) is 233 Å². The molecule has 5 aromatic heterocycles. The molecular formula is C63H37N5O2. The van der Waals surface area contributed by atoms with Crippen molar-refractivity contribution < 1.29 is 8.83 Å². The summed E-state index contributed by atoms with van der Waals surface area (Å²) in [6.07, 6.45) is 0. The van der Waals surface area contributed by atoms with E-state index in [1.165, 1.54) is 16.3 Å². The normalized spacial score (nSPS) is 12.0. The van der Waals surface area contributed by atoms with Gasteiger partial charge >= 0.3 is 0 Å².